The Morgan fingerprint density at radius 1 is 0.952 bits per heavy atom. The highest BCUT2D eigenvalue weighted by Crippen LogP contribution is 2.31. The van der Waals surface area contributed by atoms with Crippen molar-refractivity contribution in [2.75, 3.05) is 26.2 Å². The van der Waals surface area contributed by atoms with E-state index in [2.05, 4.69) is 39.5 Å². The van der Waals surface area contributed by atoms with Gasteiger partial charge in [0.05, 0.1) is 6.10 Å². The molecule has 2 aliphatic rings. The maximum absolute atomic E-state index is 6.13. The monoisotopic (exact) mass is 295 g/mol. The zero-order chi connectivity index (χ0) is 15.4. The third kappa shape index (κ3) is 5.25. The lowest BCUT2D eigenvalue weighted by Gasteiger charge is -2.44. The highest BCUT2D eigenvalue weighted by atomic mass is 16.5. The van der Waals surface area contributed by atoms with E-state index in [1.54, 1.807) is 0 Å². The Kier molecular flexibility index (Phi) is 6.55. The van der Waals surface area contributed by atoms with Crippen LogP contribution in [-0.4, -0.2) is 37.2 Å². The van der Waals surface area contributed by atoms with Crippen LogP contribution in [0.2, 0.25) is 0 Å². The zero-order valence-electron chi connectivity index (χ0n) is 15.0. The zero-order valence-corrected chi connectivity index (χ0v) is 15.0. The molecule has 2 fully saturated rings. The predicted molar refractivity (Wildman–Crippen MR) is 90.5 cm³/mol. The van der Waals surface area contributed by atoms with Crippen LogP contribution in [0.25, 0.3) is 0 Å². The van der Waals surface area contributed by atoms with Gasteiger partial charge in [0.15, 0.2) is 0 Å². The van der Waals surface area contributed by atoms with Crippen LogP contribution in [0.1, 0.15) is 60.3 Å². The number of likely N-dealkylation sites (tertiary alicyclic amines) is 1. The van der Waals surface area contributed by atoms with Crippen LogP contribution in [0, 0.1) is 29.6 Å². The molecule has 0 amide bonds. The molecule has 0 radical (unpaired) electrons. The lowest BCUT2D eigenvalue weighted by atomic mass is 9.83. The SMILES string of the molecule is CC(C)C(C)COC1CCC(CN2CC(C(C)C)C2)CC1. The minimum Gasteiger partial charge on any atom is -0.378 e. The Balaban J connectivity index is 1.57. The van der Waals surface area contributed by atoms with Crippen molar-refractivity contribution < 1.29 is 4.74 Å². The van der Waals surface area contributed by atoms with Gasteiger partial charge in [0.25, 0.3) is 0 Å². The first-order chi connectivity index (χ1) is 9.95. The molecule has 1 aliphatic heterocycles. The van der Waals surface area contributed by atoms with Crippen molar-refractivity contribution in [3.8, 4) is 0 Å². The molecule has 0 aromatic rings. The molecule has 124 valence electrons. The minimum atomic E-state index is 0.544. The van der Waals surface area contributed by atoms with Crippen molar-refractivity contribution in [1.82, 2.24) is 4.90 Å². The first-order valence-electron chi connectivity index (χ1n) is 9.29. The van der Waals surface area contributed by atoms with Crippen molar-refractivity contribution >= 4 is 0 Å². The Morgan fingerprint density at radius 3 is 2.10 bits per heavy atom. The average molecular weight is 296 g/mol. The largest absolute Gasteiger partial charge is 0.378 e. The van der Waals surface area contributed by atoms with Crippen LogP contribution < -0.4 is 0 Å². The van der Waals surface area contributed by atoms with Gasteiger partial charge in [0, 0.05) is 26.2 Å². The third-order valence-corrected chi connectivity index (χ3v) is 5.97. The van der Waals surface area contributed by atoms with Crippen LogP contribution in [0.3, 0.4) is 0 Å². The first kappa shape index (κ1) is 17.3. The predicted octanol–water partition coefficient (Wildman–Crippen LogP) is 4.44. The van der Waals surface area contributed by atoms with E-state index >= 15 is 0 Å². The maximum atomic E-state index is 6.13. The molecule has 2 nitrogen and oxygen atoms in total. The third-order valence-electron chi connectivity index (χ3n) is 5.97. The van der Waals surface area contributed by atoms with E-state index in [0.29, 0.717) is 12.0 Å². The summed E-state index contributed by atoms with van der Waals surface area (Å²) >= 11 is 0. The second-order valence-corrected chi connectivity index (χ2v) is 8.42. The lowest BCUT2D eigenvalue weighted by Crippen LogP contribution is -2.50. The highest BCUT2D eigenvalue weighted by molar-refractivity contribution is 4.85. The molecule has 0 aromatic carbocycles. The summed E-state index contributed by atoms with van der Waals surface area (Å²) in [6.07, 6.45) is 5.88. The van der Waals surface area contributed by atoms with Crippen molar-refractivity contribution in [2.24, 2.45) is 29.6 Å². The number of nitrogens with zero attached hydrogens (tertiary/aromatic N) is 1. The van der Waals surface area contributed by atoms with Crippen LogP contribution in [0.15, 0.2) is 0 Å². The van der Waals surface area contributed by atoms with Gasteiger partial charge in [-0.25, -0.2) is 0 Å². The van der Waals surface area contributed by atoms with E-state index in [9.17, 15) is 0 Å². The van der Waals surface area contributed by atoms with Gasteiger partial charge in [0.2, 0.25) is 0 Å². The summed E-state index contributed by atoms with van der Waals surface area (Å²) in [7, 11) is 0. The summed E-state index contributed by atoms with van der Waals surface area (Å²) in [5.74, 6) is 4.19. The molecule has 0 aromatic heterocycles. The van der Waals surface area contributed by atoms with Crippen LogP contribution >= 0.6 is 0 Å². The van der Waals surface area contributed by atoms with Gasteiger partial charge in [0.1, 0.15) is 0 Å². The molecular formula is C19H37NO. The molecule has 1 aliphatic carbocycles. The molecule has 1 unspecified atom stereocenters. The minimum absolute atomic E-state index is 0.544. The van der Waals surface area contributed by atoms with Crippen molar-refractivity contribution in [3.63, 3.8) is 0 Å². The van der Waals surface area contributed by atoms with Crippen LogP contribution in [0.4, 0.5) is 0 Å². The van der Waals surface area contributed by atoms with Crippen LogP contribution in [0.5, 0.6) is 0 Å². The molecule has 1 heterocycles. The quantitative estimate of drug-likeness (QED) is 0.688. The van der Waals surface area contributed by atoms with Gasteiger partial charge >= 0.3 is 0 Å². The van der Waals surface area contributed by atoms with E-state index in [4.69, 9.17) is 4.74 Å². The molecule has 1 atom stereocenters. The van der Waals surface area contributed by atoms with Gasteiger partial charge in [-0.1, -0.05) is 34.6 Å². The van der Waals surface area contributed by atoms with E-state index in [1.165, 1.54) is 45.3 Å². The molecule has 2 rings (SSSR count). The average Bonchev–Trinajstić information content (AvgIpc) is 2.40. The van der Waals surface area contributed by atoms with Gasteiger partial charge in [-0.15, -0.1) is 0 Å². The Morgan fingerprint density at radius 2 is 1.57 bits per heavy atom. The fourth-order valence-corrected chi connectivity index (χ4v) is 3.51. The summed E-state index contributed by atoms with van der Waals surface area (Å²) in [4.78, 5) is 2.68. The fourth-order valence-electron chi connectivity index (χ4n) is 3.51. The summed E-state index contributed by atoms with van der Waals surface area (Å²) in [5.41, 5.74) is 0. The molecule has 1 saturated heterocycles. The van der Waals surface area contributed by atoms with Crippen molar-refractivity contribution in [1.29, 1.82) is 0 Å². The molecule has 2 heteroatoms. The van der Waals surface area contributed by atoms with Gasteiger partial charge in [-0.05, 0) is 55.3 Å². The van der Waals surface area contributed by atoms with Gasteiger partial charge < -0.3 is 9.64 Å². The lowest BCUT2D eigenvalue weighted by molar-refractivity contribution is -0.0154. The standard InChI is InChI=1S/C19H37NO/c1-14(2)16(5)13-21-19-8-6-17(7-9-19)10-20-11-18(12-20)15(3)4/h14-19H,6-13H2,1-5H3. The Labute approximate surface area is 132 Å². The molecule has 0 bridgehead atoms. The highest BCUT2D eigenvalue weighted by Gasteiger charge is 2.31. The van der Waals surface area contributed by atoms with E-state index in [1.807, 2.05) is 0 Å². The number of ether oxygens (including phenoxy) is 1. The Hall–Kier alpha value is -0.0800. The number of rotatable bonds is 7. The van der Waals surface area contributed by atoms with E-state index in [0.717, 1.165) is 30.3 Å². The molecule has 0 N–H and O–H groups in total. The topological polar surface area (TPSA) is 12.5 Å². The van der Waals surface area contributed by atoms with E-state index in [-0.39, 0.29) is 0 Å². The fraction of sp³-hybridized carbons (Fsp3) is 1.00. The summed E-state index contributed by atoms with van der Waals surface area (Å²) in [6.45, 7) is 16.6. The second kappa shape index (κ2) is 7.97. The van der Waals surface area contributed by atoms with Gasteiger partial charge in [-0.2, -0.15) is 0 Å². The van der Waals surface area contributed by atoms with Crippen LogP contribution in [-0.2, 0) is 4.74 Å². The number of hydrogen-bond donors (Lipinski definition) is 0. The van der Waals surface area contributed by atoms with Crippen molar-refractivity contribution in [2.45, 2.75) is 66.4 Å². The summed E-state index contributed by atoms with van der Waals surface area (Å²) in [5, 5.41) is 0. The number of hydrogen-bond acceptors (Lipinski definition) is 2. The molecule has 1 saturated carbocycles. The summed E-state index contributed by atoms with van der Waals surface area (Å²) < 4.78 is 6.13. The van der Waals surface area contributed by atoms with E-state index < -0.39 is 0 Å². The molecular weight excluding hydrogens is 258 g/mol. The van der Waals surface area contributed by atoms with Crippen molar-refractivity contribution in [3.05, 3.63) is 0 Å². The molecule has 0 spiro atoms. The van der Waals surface area contributed by atoms with Gasteiger partial charge in [-0.3, -0.25) is 0 Å². The normalized spacial score (nSPS) is 29.9. The first-order valence-corrected chi connectivity index (χ1v) is 9.29. The maximum Gasteiger partial charge on any atom is 0.0575 e. The smallest absolute Gasteiger partial charge is 0.0575 e. The Bertz CT molecular complexity index is 288. The molecule has 21 heavy (non-hydrogen) atoms. The summed E-state index contributed by atoms with van der Waals surface area (Å²) in [6, 6.07) is 0. The second-order valence-electron chi connectivity index (χ2n) is 8.42.